The maximum atomic E-state index is 11.4. The molecular weight excluding hydrogens is 310 g/mol. The van der Waals surface area contributed by atoms with Crippen LogP contribution in [0.3, 0.4) is 0 Å². The molecule has 7 nitrogen and oxygen atoms in total. The minimum atomic E-state index is -1.06. The van der Waals surface area contributed by atoms with Crippen LogP contribution in [0.1, 0.15) is 30.6 Å². The fourth-order valence-electron chi connectivity index (χ4n) is 2.10. The average Bonchev–Trinajstić information content (AvgIpc) is 2.60. The first-order valence-corrected chi connectivity index (χ1v) is 7.80. The van der Waals surface area contributed by atoms with E-state index in [0.29, 0.717) is 42.5 Å². The molecular formula is C17H21N3O4. The molecule has 0 saturated carbocycles. The van der Waals surface area contributed by atoms with Gasteiger partial charge in [0.2, 0.25) is 5.95 Å². The molecule has 3 N–H and O–H groups in total. The van der Waals surface area contributed by atoms with E-state index in [1.807, 2.05) is 6.92 Å². The number of rotatable bonds is 8. The summed E-state index contributed by atoms with van der Waals surface area (Å²) in [5, 5.41) is 21.9. The summed E-state index contributed by atoms with van der Waals surface area (Å²) < 4.78 is 5.34. The zero-order valence-electron chi connectivity index (χ0n) is 13.7. The van der Waals surface area contributed by atoms with E-state index in [1.165, 1.54) is 6.07 Å². The molecule has 0 aliphatic carbocycles. The van der Waals surface area contributed by atoms with Crippen LogP contribution >= 0.6 is 0 Å². The fourth-order valence-corrected chi connectivity index (χ4v) is 2.10. The third-order valence-corrected chi connectivity index (χ3v) is 3.43. The number of benzene rings is 1. The van der Waals surface area contributed by atoms with Crippen LogP contribution in [0.4, 0.5) is 5.95 Å². The van der Waals surface area contributed by atoms with Gasteiger partial charge in [-0.1, -0.05) is 6.92 Å². The summed E-state index contributed by atoms with van der Waals surface area (Å²) >= 11 is 0. The van der Waals surface area contributed by atoms with E-state index in [0.717, 1.165) is 0 Å². The second-order valence-electron chi connectivity index (χ2n) is 5.16. The van der Waals surface area contributed by atoms with Gasteiger partial charge < -0.3 is 20.3 Å². The summed E-state index contributed by atoms with van der Waals surface area (Å²) in [5.74, 6) is -0.350. The van der Waals surface area contributed by atoms with Gasteiger partial charge in [0, 0.05) is 18.3 Å². The maximum absolute atomic E-state index is 11.4. The van der Waals surface area contributed by atoms with Crippen molar-refractivity contribution in [3.63, 3.8) is 0 Å². The molecule has 2 aromatic rings. The van der Waals surface area contributed by atoms with Crippen LogP contribution in [0.25, 0.3) is 11.3 Å². The van der Waals surface area contributed by atoms with Crippen LogP contribution in [0, 0.1) is 0 Å². The van der Waals surface area contributed by atoms with Crippen molar-refractivity contribution in [1.29, 1.82) is 0 Å². The van der Waals surface area contributed by atoms with Crippen LogP contribution in [0.5, 0.6) is 5.75 Å². The van der Waals surface area contributed by atoms with Crippen molar-refractivity contribution in [2.75, 3.05) is 18.5 Å². The molecule has 0 spiro atoms. The number of aliphatic hydroxyl groups excluding tert-OH is 1. The number of carboxylic acid groups (broad SMARTS) is 1. The lowest BCUT2D eigenvalue weighted by atomic mass is 10.1. The Hall–Kier alpha value is -2.67. The minimum Gasteiger partial charge on any atom is -0.493 e. The standard InChI is InChI=1S/C17H21N3O4/c1-3-12(21)10-19-17-18-8-7-14(20-17)11-5-6-15(24-4-2)13(9-11)16(22)23/h5-9,12,21H,3-4,10H2,1-2H3,(H,22,23)(H,18,19,20)/t12-/m0/s1. The van der Waals surface area contributed by atoms with E-state index in [2.05, 4.69) is 15.3 Å². The third-order valence-electron chi connectivity index (χ3n) is 3.43. The number of ether oxygens (including phenoxy) is 1. The normalized spacial score (nSPS) is 11.8. The summed E-state index contributed by atoms with van der Waals surface area (Å²) in [6.07, 6.45) is 1.74. The summed E-state index contributed by atoms with van der Waals surface area (Å²) in [4.78, 5) is 19.9. The molecule has 1 atom stereocenters. The number of nitrogens with one attached hydrogen (secondary N) is 1. The quantitative estimate of drug-likeness (QED) is 0.682. The number of carbonyl (C=O) groups is 1. The fraction of sp³-hybridized carbons (Fsp3) is 0.353. The highest BCUT2D eigenvalue weighted by molar-refractivity contribution is 5.92. The molecule has 0 aliphatic rings. The molecule has 0 fully saturated rings. The van der Waals surface area contributed by atoms with Crippen molar-refractivity contribution >= 4 is 11.9 Å². The van der Waals surface area contributed by atoms with Crippen molar-refractivity contribution in [2.45, 2.75) is 26.4 Å². The second kappa shape index (κ2) is 8.26. The molecule has 2 rings (SSSR count). The Morgan fingerprint density at radius 2 is 2.12 bits per heavy atom. The zero-order valence-corrected chi connectivity index (χ0v) is 13.7. The highest BCUT2D eigenvalue weighted by Gasteiger charge is 2.14. The molecule has 24 heavy (non-hydrogen) atoms. The van der Waals surface area contributed by atoms with Crippen molar-refractivity contribution in [1.82, 2.24) is 9.97 Å². The van der Waals surface area contributed by atoms with Gasteiger partial charge in [0.05, 0.1) is 18.4 Å². The number of anilines is 1. The van der Waals surface area contributed by atoms with E-state index in [9.17, 15) is 15.0 Å². The van der Waals surface area contributed by atoms with Gasteiger partial charge >= 0.3 is 5.97 Å². The number of nitrogens with zero attached hydrogens (tertiary/aromatic N) is 2. The molecule has 1 aromatic carbocycles. The van der Waals surface area contributed by atoms with Gasteiger partial charge in [-0.15, -0.1) is 0 Å². The molecule has 128 valence electrons. The Kier molecular flexibility index (Phi) is 6.08. The van der Waals surface area contributed by atoms with Crippen molar-refractivity contribution in [3.05, 3.63) is 36.0 Å². The lowest BCUT2D eigenvalue weighted by Gasteiger charge is -2.11. The van der Waals surface area contributed by atoms with E-state index >= 15 is 0 Å². The second-order valence-corrected chi connectivity index (χ2v) is 5.16. The number of aliphatic hydroxyl groups is 1. The highest BCUT2D eigenvalue weighted by atomic mass is 16.5. The Morgan fingerprint density at radius 3 is 2.79 bits per heavy atom. The third kappa shape index (κ3) is 4.42. The number of carboxylic acids is 1. The molecule has 0 radical (unpaired) electrons. The van der Waals surface area contributed by atoms with Crippen molar-refractivity contribution in [2.24, 2.45) is 0 Å². The summed E-state index contributed by atoms with van der Waals surface area (Å²) in [6.45, 7) is 4.42. The van der Waals surface area contributed by atoms with Gasteiger partial charge in [-0.05, 0) is 37.6 Å². The number of hydrogen-bond acceptors (Lipinski definition) is 6. The van der Waals surface area contributed by atoms with Gasteiger partial charge in [0.15, 0.2) is 0 Å². The predicted octanol–water partition coefficient (Wildman–Crippen LogP) is 2.42. The average molecular weight is 331 g/mol. The first kappa shape index (κ1) is 17.7. The van der Waals surface area contributed by atoms with Gasteiger partial charge in [-0.3, -0.25) is 0 Å². The van der Waals surface area contributed by atoms with Gasteiger partial charge in [-0.25, -0.2) is 14.8 Å². The summed E-state index contributed by atoms with van der Waals surface area (Å²) in [7, 11) is 0. The van der Waals surface area contributed by atoms with E-state index < -0.39 is 12.1 Å². The maximum Gasteiger partial charge on any atom is 0.339 e. The molecule has 1 aromatic heterocycles. The van der Waals surface area contributed by atoms with Crippen molar-refractivity contribution in [3.8, 4) is 17.0 Å². The van der Waals surface area contributed by atoms with E-state index in [1.54, 1.807) is 31.3 Å². The van der Waals surface area contributed by atoms with Crippen LogP contribution in [-0.4, -0.2) is 45.4 Å². The smallest absolute Gasteiger partial charge is 0.339 e. The predicted molar refractivity (Wildman–Crippen MR) is 90.4 cm³/mol. The number of hydrogen-bond donors (Lipinski definition) is 3. The summed E-state index contributed by atoms with van der Waals surface area (Å²) in [5.41, 5.74) is 1.32. The molecule has 7 heteroatoms. The van der Waals surface area contributed by atoms with Gasteiger partial charge in [0.25, 0.3) is 0 Å². The first-order chi connectivity index (χ1) is 11.5. The topological polar surface area (TPSA) is 105 Å². The van der Waals surface area contributed by atoms with Crippen LogP contribution < -0.4 is 10.1 Å². The zero-order chi connectivity index (χ0) is 17.5. The highest BCUT2D eigenvalue weighted by Crippen LogP contribution is 2.26. The molecule has 0 saturated heterocycles. The SMILES string of the molecule is CCOc1ccc(-c2ccnc(NC[C@@H](O)CC)n2)cc1C(=O)O. The number of aromatic nitrogens is 2. The van der Waals surface area contributed by atoms with E-state index in [-0.39, 0.29) is 5.56 Å². The van der Waals surface area contributed by atoms with Crippen LogP contribution in [0.15, 0.2) is 30.5 Å². The lowest BCUT2D eigenvalue weighted by molar-refractivity contribution is 0.0692. The molecule has 0 unspecified atom stereocenters. The van der Waals surface area contributed by atoms with Crippen LogP contribution in [0.2, 0.25) is 0 Å². The number of aromatic carboxylic acids is 1. The lowest BCUT2D eigenvalue weighted by Crippen LogP contribution is -2.19. The first-order valence-electron chi connectivity index (χ1n) is 7.80. The minimum absolute atomic E-state index is 0.0869. The van der Waals surface area contributed by atoms with E-state index in [4.69, 9.17) is 4.74 Å². The largest absolute Gasteiger partial charge is 0.493 e. The van der Waals surface area contributed by atoms with Crippen LogP contribution in [-0.2, 0) is 0 Å². The van der Waals surface area contributed by atoms with Gasteiger partial charge in [0.1, 0.15) is 11.3 Å². The Labute approximate surface area is 140 Å². The van der Waals surface area contributed by atoms with Gasteiger partial charge in [-0.2, -0.15) is 0 Å². The molecule has 1 heterocycles. The van der Waals surface area contributed by atoms with Crippen molar-refractivity contribution < 1.29 is 19.7 Å². The molecule has 0 aliphatic heterocycles. The Bertz CT molecular complexity index is 706. The molecule has 0 amide bonds. The Balaban J connectivity index is 2.28. The monoisotopic (exact) mass is 331 g/mol. The Morgan fingerprint density at radius 1 is 1.33 bits per heavy atom. The summed E-state index contributed by atoms with van der Waals surface area (Å²) in [6, 6.07) is 6.60. The molecule has 0 bridgehead atoms.